The average Bonchev–Trinajstić information content (AvgIpc) is 3.27. The maximum atomic E-state index is 8.65. The van der Waals surface area contributed by atoms with Crippen LogP contribution in [-0.4, -0.2) is 29.8 Å². The van der Waals surface area contributed by atoms with Gasteiger partial charge in [0, 0.05) is 41.8 Å². The summed E-state index contributed by atoms with van der Waals surface area (Å²) in [7, 11) is 0. The van der Waals surface area contributed by atoms with E-state index in [1.165, 1.54) is 12.8 Å². The summed E-state index contributed by atoms with van der Waals surface area (Å²) in [6.07, 6.45) is 5.93. The smallest absolute Gasteiger partial charge is 0.127 e. The first kappa shape index (κ1) is 18.2. The molecule has 3 N–H and O–H groups in total. The van der Waals surface area contributed by atoms with Crippen molar-refractivity contribution in [3.05, 3.63) is 84.2 Å². The number of rotatable bonds is 7. The minimum absolute atomic E-state index is 0.446. The number of anilines is 1. The van der Waals surface area contributed by atoms with E-state index < -0.39 is 0 Å². The molecule has 1 atom stereocenters. The van der Waals surface area contributed by atoms with Gasteiger partial charge >= 0.3 is 0 Å². The Bertz CT molecular complexity index is 919. The van der Waals surface area contributed by atoms with Gasteiger partial charge in [0.05, 0.1) is 5.71 Å². The molecule has 0 amide bonds. The molecule has 0 aliphatic carbocycles. The van der Waals surface area contributed by atoms with Gasteiger partial charge < -0.3 is 15.4 Å². The topological polar surface area (TPSA) is 70.0 Å². The summed E-state index contributed by atoms with van der Waals surface area (Å²) in [6.45, 7) is 1.94. The summed E-state index contributed by atoms with van der Waals surface area (Å²) in [5.74, 6) is 1.55. The summed E-state index contributed by atoms with van der Waals surface area (Å²) >= 11 is 0. The van der Waals surface area contributed by atoms with E-state index in [-0.39, 0.29) is 0 Å². The molecule has 0 radical (unpaired) electrons. The first-order chi connectivity index (χ1) is 13.8. The SMILES string of the molecule is N=C(c1ccc(Oc2ccccc2)cc1)c1cnccc1NCC1CCCN1. The van der Waals surface area contributed by atoms with Crippen molar-refractivity contribution in [2.75, 3.05) is 18.4 Å². The van der Waals surface area contributed by atoms with Crippen molar-refractivity contribution in [3.63, 3.8) is 0 Å². The number of aromatic nitrogens is 1. The normalized spacial score (nSPS) is 15.9. The van der Waals surface area contributed by atoms with Gasteiger partial charge in [-0.05, 0) is 61.9 Å². The quantitative estimate of drug-likeness (QED) is 0.536. The van der Waals surface area contributed by atoms with Crippen LogP contribution in [0.25, 0.3) is 0 Å². The van der Waals surface area contributed by atoms with Crippen molar-refractivity contribution in [2.45, 2.75) is 18.9 Å². The Morgan fingerprint density at radius 1 is 1.07 bits per heavy atom. The molecule has 1 aliphatic rings. The molecule has 5 nitrogen and oxygen atoms in total. The Balaban J connectivity index is 1.46. The van der Waals surface area contributed by atoms with E-state index in [9.17, 15) is 0 Å². The van der Waals surface area contributed by atoms with E-state index in [0.717, 1.165) is 41.4 Å². The fourth-order valence-electron chi connectivity index (χ4n) is 3.38. The number of hydrogen-bond donors (Lipinski definition) is 3. The Labute approximate surface area is 165 Å². The second kappa shape index (κ2) is 8.67. The molecule has 0 spiro atoms. The van der Waals surface area contributed by atoms with Gasteiger partial charge in [0.2, 0.25) is 0 Å². The number of nitrogens with one attached hydrogen (secondary N) is 3. The molecule has 2 aromatic carbocycles. The molecule has 142 valence electrons. The maximum absolute atomic E-state index is 8.65. The number of nitrogens with zero attached hydrogens (tertiary/aromatic N) is 1. The Morgan fingerprint density at radius 3 is 2.61 bits per heavy atom. The summed E-state index contributed by atoms with van der Waals surface area (Å²) in [4.78, 5) is 4.22. The molecule has 1 aliphatic heterocycles. The standard InChI is InChI=1S/C23H24N4O/c24-23(17-8-10-20(11-9-17)28-19-6-2-1-3-7-19)21-16-25-14-12-22(21)27-15-18-5-4-13-26-18/h1-3,6-12,14,16,18,24,26H,4-5,13,15H2,(H,25,27). The van der Waals surface area contributed by atoms with Crippen molar-refractivity contribution in [1.82, 2.24) is 10.3 Å². The van der Waals surface area contributed by atoms with Crippen molar-refractivity contribution in [2.24, 2.45) is 0 Å². The number of pyridine rings is 1. The monoisotopic (exact) mass is 372 g/mol. The van der Waals surface area contributed by atoms with Gasteiger partial charge in [0.25, 0.3) is 0 Å². The highest BCUT2D eigenvalue weighted by Crippen LogP contribution is 2.24. The predicted molar refractivity (Wildman–Crippen MR) is 113 cm³/mol. The van der Waals surface area contributed by atoms with Crippen molar-refractivity contribution < 1.29 is 4.74 Å². The van der Waals surface area contributed by atoms with E-state index in [4.69, 9.17) is 10.1 Å². The molecule has 1 fully saturated rings. The number of hydrogen-bond acceptors (Lipinski definition) is 5. The maximum Gasteiger partial charge on any atom is 0.127 e. The molecule has 28 heavy (non-hydrogen) atoms. The van der Waals surface area contributed by atoms with Crippen molar-refractivity contribution >= 4 is 11.4 Å². The van der Waals surface area contributed by atoms with Gasteiger partial charge in [-0.2, -0.15) is 0 Å². The minimum Gasteiger partial charge on any atom is -0.457 e. The van der Waals surface area contributed by atoms with Gasteiger partial charge in [-0.1, -0.05) is 18.2 Å². The zero-order chi connectivity index (χ0) is 19.2. The summed E-state index contributed by atoms with van der Waals surface area (Å²) in [5, 5.41) is 15.6. The summed E-state index contributed by atoms with van der Waals surface area (Å²) < 4.78 is 5.84. The third-order valence-corrected chi connectivity index (χ3v) is 4.91. The van der Waals surface area contributed by atoms with Gasteiger partial charge in [0.1, 0.15) is 11.5 Å². The van der Waals surface area contributed by atoms with E-state index in [2.05, 4.69) is 15.6 Å². The highest BCUT2D eigenvalue weighted by atomic mass is 16.5. The van der Waals surface area contributed by atoms with Crippen LogP contribution in [0.4, 0.5) is 5.69 Å². The van der Waals surface area contributed by atoms with Gasteiger partial charge in [-0.15, -0.1) is 0 Å². The lowest BCUT2D eigenvalue weighted by molar-refractivity contribution is 0.482. The van der Waals surface area contributed by atoms with Crippen LogP contribution < -0.4 is 15.4 Å². The molecular formula is C23H24N4O. The number of benzene rings is 2. The highest BCUT2D eigenvalue weighted by Gasteiger charge is 2.15. The largest absolute Gasteiger partial charge is 0.457 e. The van der Waals surface area contributed by atoms with E-state index in [0.29, 0.717) is 11.8 Å². The molecule has 1 saturated heterocycles. The predicted octanol–water partition coefficient (Wildman–Crippen LogP) is 4.45. The van der Waals surface area contributed by atoms with E-state index in [1.807, 2.05) is 60.7 Å². The lowest BCUT2D eigenvalue weighted by Crippen LogP contribution is -2.29. The molecule has 4 rings (SSSR count). The Hall–Kier alpha value is -3.18. The third kappa shape index (κ3) is 4.38. The lowest BCUT2D eigenvalue weighted by Gasteiger charge is -2.16. The Kier molecular flexibility index (Phi) is 5.64. The third-order valence-electron chi connectivity index (χ3n) is 4.91. The average molecular weight is 372 g/mol. The van der Waals surface area contributed by atoms with Crippen LogP contribution in [0.1, 0.15) is 24.0 Å². The molecule has 5 heteroatoms. The first-order valence-corrected chi connectivity index (χ1v) is 9.63. The highest BCUT2D eigenvalue weighted by molar-refractivity contribution is 6.13. The fraction of sp³-hybridized carbons (Fsp3) is 0.217. The van der Waals surface area contributed by atoms with Crippen LogP contribution >= 0.6 is 0 Å². The van der Waals surface area contributed by atoms with Gasteiger partial charge in [-0.25, -0.2) is 0 Å². The fourth-order valence-corrected chi connectivity index (χ4v) is 3.38. The summed E-state index contributed by atoms with van der Waals surface area (Å²) in [6, 6.07) is 19.7. The van der Waals surface area contributed by atoms with Gasteiger partial charge in [-0.3, -0.25) is 10.4 Å². The molecule has 1 unspecified atom stereocenters. The Morgan fingerprint density at radius 2 is 1.86 bits per heavy atom. The molecule has 0 bridgehead atoms. The van der Waals surface area contributed by atoms with Crippen molar-refractivity contribution in [3.8, 4) is 11.5 Å². The van der Waals surface area contributed by atoms with Crippen LogP contribution in [0.5, 0.6) is 11.5 Å². The first-order valence-electron chi connectivity index (χ1n) is 9.63. The second-order valence-electron chi connectivity index (χ2n) is 6.91. The lowest BCUT2D eigenvalue weighted by atomic mass is 10.0. The molecular weight excluding hydrogens is 348 g/mol. The zero-order valence-electron chi connectivity index (χ0n) is 15.7. The van der Waals surface area contributed by atoms with Crippen LogP contribution in [0, 0.1) is 5.41 Å². The van der Waals surface area contributed by atoms with E-state index >= 15 is 0 Å². The van der Waals surface area contributed by atoms with Crippen molar-refractivity contribution in [1.29, 1.82) is 5.41 Å². The zero-order valence-corrected chi connectivity index (χ0v) is 15.7. The van der Waals surface area contributed by atoms with Gasteiger partial charge in [0.15, 0.2) is 0 Å². The molecule has 0 saturated carbocycles. The minimum atomic E-state index is 0.446. The van der Waals surface area contributed by atoms with Crippen LogP contribution in [0.2, 0.25) is 0 Å². The molecule has 3 aromatic rings. The number of ether oxygens (including phenoxy) is 1. The van der Waals surface area contributed by atoms with Crippen LogP contribution in [0.3, 0.4) is 0 Å². The number of para-hydroxylation sites is 1. The van der Waals surface area contributed by atoms with Crippen LogP contribution in [-0.2, 0) is 0 Å². The van der Waals surface area contributed by atoms with E-state index in [1.54, 1.807) is 12.4 Å². The van der Waals surface area contributed by atoms with Crippen LogP contribution in [0.15, 0.2) is 73.1 Å². The molecule has 1 aromatic heterocycles. The molecule has 2 heterocycles. The summed E-state index contributed by atoms with van der Waals surface area (Å²) in [5.41, 5.74) is 3.02. The second-order valence-corrected chi connectivity index (χ2v) is 6.91.